The van der Waals surface area contributed by atoms with Gasteiger partial charge in [-0.05, 0) is 13.8 Å². The number of carbonyl (C=O) groups is 1. The van der Waals surface area contributed by atoms with E-state index >= 15 is 0 Å². The Hall–Kier alpha value is -2.44. The van der Waals surface area contributed by atoms with Crippen LogP contribution in [0.5, 0.6) is 0 Å². The van der Waals surface area contributed by atoms with Gasteiger partial charge in [0.25, 0.3) is 0 Å². The molecule has 7 heteroatoms. The van der Waals surface area contributed by atoms with E-state index in [1.807, 2.05) is 0 Å². The molecule has 0 unspecified atom stereocenters. The molecule has 0 saturated heterocycles. The summed E-state index contributed by atoms with van der Waals surface area (Å²) in [4.78, 5) is 23.6. The molecule has 0 aliphatic rings. The second kappa shape index (κ2) is 4.82. The molecule has 0 fully saturated rings. The van der Waals surface area contributed by atoms with Crippen molar-refractivity contribution in [3.05, 3.63) is 24.0 Å². The third-order valence-corrected chi connectivity index (χ3v) is 2.23. The quantitative estimate of drug-likeness (QED) is 0.813. The van der Waals surface area contributed by atoms with Crippen molar-refractivity contribution < 1.29 is 13.9 Å². The zero-order valence-electron chi connectivity index (χ0n) is 10.0. The van der Waals surface area contributed by atoms with Crippen molar-refractivity contribution in [2.75, 3.05) is 12.3 Å². The number of hydrogen-bond acceptors (Lipinski definition) is 7. The van der Waals surface area contributed by atoms with Crippen LogP contribution in [0.3, 0.4) is 0 Å². The van der Waals surface area contributed by atoms with Gasteiger partial charge >= 0.3 is 5.97 Å². The summed E-state index contributed by atoms with van der Waals surface area (Å²) in [6, 6.07) is 0. The van der Waals surface area contributed by atoms with Crippen molar-refractivity contribution in [2.45, 2.75) is 13.8 Å². The molecule has 2 aromatic heterocycles. The van der Waals surface area contributed by atoms with E-state index in [0.29, 0.717) is 17.1 Å². The number of rotatable bonds is 3. The number of aryl methyl sites for hydroxylation is 1. The lowest BCUT2D eigenvalue weighted by Gasteiger charge is -2.07. The van der Waals surface area contributed by atoms with E-state index < -0.39 is 5.97 Å². The topological polar surface area (TPSA) is 104 Å². The second-order valence-corrected chi connectivity index (χ2v) is 3.48. The molecular formula is C11H12N4O3. The highest BCUT2D eigenvalue weighted by Gasteiger charge is 2.18. The first kappa shape index (κ1) is 12.0. The zero-order chi connectivity index (χ0) is 13.1. The summed E-state index contributed by atoms with van der Waals surface area (Å²) in [6.45, 7) is 3.66. The Morgan fingerprint density at radius 2 is 2.28 bits per heavy atom. The Morgan fingerprint density at radius 1 is 1.50 bits per heavy atom. The van der Waals surface area contributed by atoms with Gasteiger partial charge in [0.2, 0.25) is 0 Å². The number of aromatic nitrogens is 3. The number of nitrogens with two attached hydrogens (primary N) is 1. The van der Waals surface area contributed by atoms with E-state index in [9.17, 15) is 4.79 Å². The number of hydrogen-bond donors (Lipinski definition) is 1. The van der Waals surface area contributed by atoms with Crippen molar-refractivity contribution in [2.24, 2.45) is 0 Å². The summed E-state index contributed by atoms with van der Waals surface area (Å²) in [7, 11) is 0. The van der Waals surface area contributed by atoms with E-state index in [1.54, 1.807) is 13.8 Å². The Kier molecular flexibility index (Phi) is 3.22. The molecule has 94 valence electrons. The van der Waals surface area contributed by atoms with Crippen molar-refractivity contribution in [3.8, 4) is 11.5 Å². The predicted molar refractivity (Wildman–Crippen MR) is 62.6 cm³/mol. The monoisotopic (exact) mass is 248 g/mol. The third kappa shape index (κ3) is 2.15. The fourth-order valence-electron chi connectivity index (χ4n) is 1.45. The zero-order valence-corrected chi connectivity index (χ0v) is 10.0. The van der Waals surface area contributed by atoms with Crippen LogP contribution >= 0.6 is 0 Å². The van der Waals surface area contributed by atoms with Gasteiger partial charge in [-0.1, -0.05) is 0 Å². The molecule has 0 aliphatic carbocycles. The summed E-state index contributed by atoms with van der Waals surface area (Å²) in [6.07, 6.45) is 2.78. The van der Waals surface area contributed by atoms with Crippen molar-refractivity contribution >= 4 is 11.8 Å². The molecule has 2 rings (SSSR count). The van der Waals surface area contributed by atoms with Gasteiger partial charge in [-0.15, -0.1) is 0 Å². The van der Waals surface area contributed by atoms with Crippen LogP contribution in [0.25, 0.3) is 11.5 Å². The molecule has 0 aromatic carbocycles. The lowest BCUT2D eigenvalue weighted by Crippen LogP contribution is -2.13. The average molecular weight is 248 g/mol. The summed E-state index contributed by atoms with van der Waals surface area (Å²) < 4.78 is 9.95. The van der Waals surface area contributed by atoms with E-state index in [0.717, 1.165) is 0 Å². The molecule has 7 nitrogen and oxygen atoms in total. The van der Waals surface area contributed by atoms with Crippen LogP contribution in [0.15, 0.2) is 17.0 Å². The molecule has 0 amide bonds. The van der Waals surface area contributed by atoms with Gasteiger partial charge in [-0.25, -0.2) is 19.7 Å². The maximum atomic E-state index is 11.6. The highest BCUT2D eigenvalue weighted by molar-refractivity contribution is 5.92. The van der Waals surface area contributed by atoms with Crippen LogP contribution in [-0.2, 0) is 4.74 Å². The Morgan fingerprint density at radius 3 is 2.89 bits per heavy atom. The van der Waals surface area contributed by atoms with Gasteiger partial charge in [0.15, 0.2) is 23.7 Å². The molecule has 0 atom stereocenters. The van der Waals surface area contributed by atoms with Crippen molar-refractivity contribution in [3.63, 3.8) is 0 Å². The minimum absolute atomic E-state index is 0.00505. The summed E-state index contributed by atoms with van der Waals surface area (Å²) in [5.41, 5.74) is 6.68. The van der Waals surface area contributed by atoms with Crippen LogP contribution in [0.2, 0.25) is 0 Å². The van der Waals surface area contributed by atoms with E-state index in [-0.39, 0.29) is 18.1 Å². The second-order valence-electron chi connectivity index (χ2n) is 3.48. The van der Waals surface area contributed by atoms with Gasteiger partial charge in [-0.2, -0.15) is 0 Å². The maximum Gasteiger partial charge on any atom is 0.360 e. The largest absolute Gasteiger partial charge is 0.461 e. The number of anilines is 1. The van der Waals surface area contributed by atoms with Gasteiger partial charge in [-0.3, -0.25) is 0 Å². The number of esters is 1. The van der Waals surface area contributed by atoms with Gasteiger partial charge < -0.3 is 14.9 Å². The molecule has 2 N–H and O–H groups in total. The van der Waals surface area contributed by atoms with Crippen LogP contribution in [0.1, 0.15) is 23.1 Å². The van der Waals surface area contributed by atoms with Gasteiger partial charge in [0.1, 0.15) is 5.69 Å². The maximum absolute atomic E-state index is 11.6. The van der Waals surface area contributed by atoms with Crippen LogP contribution in [0.4, 0.5) is 5.82 Å². The summed E-state index contributed by atoms with van der Waals surface area (Å²) >= 11 is 0. The minimum Gasteiger partial charge on any atom is -0.461 e. The molecule has 0 saturated carbocycles. The van der Waals surface area contributed by atoms with Gasteiger partial charge in [0, 0.05) is 0 Å². The third-order valence-electron chi connectivity index (χ3n) is 2.23. The molecule has 0 spiro atoms. The van der Waals surface area contributed by atoms with E-state index in [4.69, 9.17) is 14.9 Å². The highest BCUT2D eigenvalue weighted by atomic mass is 16.5. The summed E-state index contributed by atoms with van der Waals surface area (Å²) in [5, 5.41) is 0. The van der Waals surface area contributed by atoms with E-state index in [2.05, 4.69) is 15.0 Å². The number of carbonyl (C=O) groups excluding carboxylic acids is 1. The van der Waals surface area contributed by atoms with Crippen molar-refractivity contribution in [1.29, 1.82) is 0 Å². The molecule has 0 aliphatic heterocycles. The van der Waals surface area contributed by atoms with Crippen LogP contribution in [-0.4, -0.2) is 27.5 Å². The Labute approximate surface area is 103 Å². The normalized spacial score (nSPS) is 10.3. The highest BCUT2D eigenvalue weighted by Crippen LogP contribution is 2.22. The fraction of sp³-hybridized carbons (Fsp3) is 0.273. The molecule has 2 heterocycles. The average Bonchev–Trinajstić information content (AvgIpc) is 2.85. The van der Waals surface area contributed by atoms with Crippen LogP contribution < -0.4 is 5.73 Å². The standard InChI is InChI=1S/C11H12N4O3/c1-3-17-11(16)9-10(12)15-8(6(2)14-9)7-4-13-5-18-7/h4-5H,3H2,1-2H3,(H2,12,15). The number of oxazole rings is 1. The number of nitrogens with zero attached hydrogens (tertiary/aromatic N) is 3. The minimum atomic E-state index is -0.588. The molecular weight excluding hydrogens is 236 g/mol. The van der Waals surface area contributed by atoms with Crippen molar-refractivity contribution in [1.82, 2.24) is 15.0 Å². The Balaban J connectivity index is 2.44. The number of ether oxygens (including phenoxy) is 1. The summed E-state index contributed by atoms with van der Waals surface area (Å²) in [5.74, 6) is -0.137. The van der Waals surface area contributed by atoms with Gasteiger partial charge in [0.05, 0.1) is 18.5 Å². The smallest absolute Gasteiger partial charge is 0.360 e. The first-order valence-electron chi connectivity index (χ1n) is 5.33. The fourth-order valence-corrected chi connectivity index (χ4v) is 1.45. The van der Waals surface area contributed by atoms with Crippen LogP contribution in [0, 0.1) is 6.92 Å². The van der Waals surface area contributed by atoms with E-state index in [1.165, 1.54) is 12.6 Å². The Bertz CT molecular complexity index is 566. The molecule has 18 heavy (non-hydrogen) atoms. The SMILES string of the molecule is CCOC(=O)c1nc(C)c(-c2cnco2)nc1N. The first-order valence-corrected chi connectivity index (χ1v) is 5.33. The molecule has 0 bridgehead atoms. The number of nitrogen functional groups attached to an aromatic ring is 1. The predicted octanol–water partition coefficient (Wildman–Crippen LogP) is 1.20. The molecule has 2 aromatic rings. The molecule has 0 radical (unpaired) electrons. The first-order chi connectivity index (χ1) is 8.63. The lowest BCUT2D eigenvalue weighted by molar-refractivity contribution is 0.0520. The lowest BCUT2D eigenvalue weighted by atomic mass is 10.2.